The van der Waals surface area contributed by atoms with Crippen molar-refractivity contribution in [1.82, 2.24) is 4.90 Å². The van der Waals surface area contributed by atoms with Crippen molar-refractivity contribution >= 4 is 35.0 Å². The van der Waals surface area contributed by atoms with E-state index >= 15 is 0 Å². The zero-order valence-electron chi connectivity index (χ0n) is 14.5. The summed E-state index contributed by atoms with van der Waals surface area (Å²) >= 11 is 0.937. The monoisotopic (exact) mass is 382 g/mol. The number of thioether (sulfide) groups is 1. The van der Waals surface area contributed by atoms with Gasteiger partial charge in [-0.1, -0.05) is 36.4 Å². The molecule has 1 aliphatic rings. The normalized spacial score (nSPS) is 15.4. The fourth-order valence-corrected chi connectivity index (χ4v) is 3.39. The van der Waals surface area contributed by atoms with Gasteiger partial charge < -0.3 is 14.6 Å². The summed E-state index contributed by atoms with van der Waals surface area (Å²) in [5.74, 6) is -0.847. The van der Waals surface area contributed by atoms with Crippen LogP contribution in [-0.4, -0.2) is 28.6 Å². The van der Waals surface area contributed by atoms with E-state index in [1.807, 2.05) is 0 Å². The van der Waals surface area contributed by atoms with E-state index in [0.29, 0.717) is 23.8 Å². The number of nitrogens with zero attached hydrogens (tertiary/aromatic N) is 1. The lowest BCUT2D eigenvalue weighted by atomic mass is 10.1. The summed E-state index contributed by atoms with van der Waals surface area (Å²) in [4.78, 5) is 36.2. The molecule has 2 aromatic rings. The predicted octanol–water partition coefficient (Wildman–Crippen LogP) is 2.69. The van der Waals surface area contributed by atoms with Crippen LogP contribution >= 0.6 is 11.8 Å². The van der Waals surface area contributed by atoms with Crippen LogP contribution in [0.4, 0.5) is 4.79 Å². The third kappa shape index (κ3) is 4.38. The van der Waals surface area contributed by atoms with Gasteiger partial charge in [0.15, 0.2) is 0 Å². The van der Waals surface area contributed by atoms with Crippen LogP contribution in [0.1, 0.15) is 28.4 Å². The van der Waals surface area contributed by atoms with Gasteiger partial charge in [0.2, 0.25) is 0 Å². The van der Waals surface area contributed by atoms with Gasteiger partial charge in [0.1, 0.15) is 12.4 Å². The second-order valence-electron chi connectivity index (χ2n) is 5.77. The fourth-order valence-electron chi connectivity index (χ4n) is 2.49. The Bertz CT molecular complexity index is 903. The minimum atomic E-state index is -1.21. The molecule has 0 aromatic heterocycles. The third-order valence-electron chi connectivity index (χ3n) is 3.96. The largest absolute Gasteiger partial charge is 0.545 e. The summed E-state index contributed by atoms with van der Waals surface area (Å²) in [6.07, 6.45) is 1.68. The van der Waals surface area contributed by atoms with E-state index in [2.05, 4.69) is 0 Å². The molecule has 3 rings (SSSR count). The van der Waals surface area contributed by atoms with Crippen LogP contribution in [0.2, 0.25) is 0 Å². The van der Waals surface area contributed by atoms with E-state index in [0.717, 1.165) is 22.9 Å². The van der Waals surface area contributed by atoms with Gasteiger partial charge in [-0.15, -0.1) is 0 Å². The van der Waals surface area contributed by atoms with Crippen LogP contribution in [0.25, 0.3) is 6.08 Å². The van der Waals surface area contributed by atoms with Gasteiger partial charge in [0, 0.05) is 6.54 Å². The molecule has 1 saturated heterocycles. The van der Waals surface area contributed by atoms with E-state index in [1.54, 1.807) is 49.4 Å². The molecule has 138 valence electrons. The molecule has 2 aromatic carbocycles. The molecule has 2 amide bonds. The summed E-state index contributed by atoms with van der Waals surface area (Å²) in [5, 5.41) is 10.5. The van der Waals surface area contributed by atoms with Crippen LogP contribution < -0.4 is 9.84 Å². The number of rotatable bonds is 6. The van der Waals surface area contributed by atoms with Crippen molar-refractivity contribution in [3.63, 3.8) is 0 Å². The summed E-state index contributed by atoms with van der Waals surface area (Å²) in [6.45, 7) is 2.42. The van der Waals surface area contributed by atoms with Crippen molar-refractivity contribution in [1.29, 1.82) is 0 Å². The van der Waals surface area contributed by atoms with Crippen LogP contribution in [0.3, 0.4) is 0 Å². The molecule has 0 unspecified atom stereocenters. The van der Waals surface area contributed by atoms with E-state index in [-0.39, 0.29) is 16.7 Å². The van der Waals surface area contributed by atoms with Crippen LogP contribution in [0.5, 0.6) is 5.75 Å². The zero-order chi connectivity index (χ0) is 19.4. The molecule has 1 fully saturated rings. The Labute approximate surface area is 160 Å². The number of likely N-dealkylation sites (N-methyl/N-ethyl adjacent to an activating group) is 1. The first-order chi connectivity index (χ1) is 13.0. The van der Waals surface area contributed by atoms with Gasteiger partial charge in [-0.25, -0.2) is 0 Å². The van der Waals surface area contributed by atoms with Gasteiger partial charge in [0.05, 0.1) is 10.9 Å². The molecule has 0 saturated carbocycles. The summed E-state index contributed by atoms with van der Waals surface area (Å²) in [5.41, 5.74) is 1.75. The molecule has 6 nitrogen and oxygen atoms in total. The van der Waals surface area contributed by atoms with Gasteiger partial charge >= 0.3 is 0 Å². The van der Waals surface area contributed by atoms with Crippen molar-refractivity contribution in [3.8, 4) is 5.75 Å². The number of carboxylic acid groups (broad SMARTS) is 1. The SMILES string of the molecule is CCN1C(=O)S/C(=C\c2ccc(OCc3ccc(C(=O)[O-])cc3)cc2)C1=O. The number of aromatic carboxylic acids is 1. The van der Waals surface area contributed by atoms with Crippen molar-refractivity contribution in [2.24, 2.45) is 0 Å². The number of amides is 2. The first-order valence-corrected chi connectivity index (χ1v) is 9.08. The van der Waals surface area contributed by atoms with Crippen molar-refractivity contribution in [3.05, 3.63) is 70.1 Å². The molecule has 7 heteroatoms. The number of carboxylic acids is 1. The Hall–Kier alpha value is -3.06. The van der Waals surface area contributed by atoms with E-state index < -0.39 is 5.97 Å². The maximum absolute atomic E-state index is 12.1. The number of hydrogen-bond donors (Lipinski definition) is 0. The zero-order valence-corrected chi connectivity index (χ0v) is 15.3. The Balaban J connectivity index is 1.62. The summed E-state index contributed by atoms with van der Waals surface area (Å²) in [6, 6.07) is 13.4. The van der Waals surface area contributed by atoms with Gasteiger partial charge in [0.25, 0.3) is 11.1 Å². The molecule has 0 radical (unpaired) electrons. The second kappa shape index (κ2) is 8.09. The quantitative estimate of drug-likeness (QED) is 0.714. The molecule has 1 aliphatic heterocycles. The number of ether oxygens (including phenoxy) is 1. The number of hydrogen-bond acceptors (Lipinski definition) is 6. The molecule has 0 N–H and O–H groups in total. The highest BCUT2D eigenvalue weighted by molar-refractivity contribution is 8.18. The smallest absolute Gasteiger partial charge is 0.293 e. The Morgan fingerprint density at radius 3 is 2.33 bits per heavy atom. The molecule has 0 atom stereocenters. The lowest BCUT2D eigenvalue weighted by molar-refractivity contribution is -0.255. The molecule has 0 aliphatic carbocycles. The van der Waals surface area contributed by atoms with Crippen molar-refractivity contribution in [2.75, 3.05) is 6.54 Å². The second-order valence-corrected chi connectivity index (χ2v) is 6.76. The lowest BCUT2D eigenvalue weighted by Gasteiger charge is -2.08. The average molecular weight is 382 g/mol. The number of carbonyl (C=O) groups is 3. The predicted molar refractivity (Wildman–Crippen MR) is 99.9 cm³/mol. The number of carbonyl (C=O) groups excluding carboxylic acids is 3. The number of imide groups is 1. The minimum Gasteiger partial charge on any atom is -0.545 e. The average Bonchev–Trinajstić information content (AvgIpc) is 2.94. The van der Waals surface area contributed by atoms with Crippen LogP contribution in [0, 0.1) is 0 Å². The fraction of sp³-hybridized carbons (Fsp3) is 0.150. The molecule has 0 spiro atoms. The number of benzene rings is 2. The highest BCUT2D eigenvalue weighted by Gasteiger charge is 2.33. The van der Waals surface area contributed by atoms with Crippen LogP contribution in [0.15, 0.2) is 53.4 Å². The standard InChI is InChI=1S/C20H17NO5S/c1-2-21-18(22)17(27-20(21)25)11-13-5-9-16(10-6-13)26-12-14-3-7-15(8-4-14)19(23)24/h3-11H,2,12H2,1H3,(H,23,24)/p-1/b17-11-. The Morgan fingerprint density at radius 2 is 1.78 bits per heavy atom. The first-order valence-electron chi connectivity index (χ1n) is 8.26. The molecule has 0 bridgehead atoms. The van der Waals surface area contributed by atoms with E-state index in [9.17, 15) is 19.5 Å². The maximum atomic E-state index is 12.1. The highest BCUT2D eigenvalue weighted by atomic mass is 32.2. The molecular formula is C20H16NO5S-. The first kappa shape index (κ1) is 18.7. The van der Waals surface area contributed by atoms with Crippen molar-refractivity contribution < 1.29 is 24.2 Å². The van der Waals surface area contributed by atoms with E-state index in [4.69, 9.17) is 4.74 Å². The third-order valence-corrected chi connectivity index (χ3v) is 4.87. The van der Waals surface area contributed by atoms with Gasteiger partial charge in [-0.05, 0) is 53.6 Å². The topological polar surface area (TPSA) is 86.7 Å². The summed E-state index contributed by atoms with van der Waals surface area (Å²) < 4.78 is 5.67. The highest BCUT2D eigenvalue weighted by Crippen LogP contribution is 2.32. The molecule has 1 heterocycles. The van der Waals surface area contributed by atoms with Gasteiger partial charge in [-0.3, -0.25) is 14.5 Å². The van der Waals surface area contributed by atoms with Crippen LogP contribution in [-0.2, 0) is 11.4 Å². The molecular weight excluding hydrogens is 366 g/mol. The summed E-state index contributed by atoms with van der Waals surface area (Å²) in [7, 11) is 0. The lowest BCUT2D eigenvalue weighted by Crippen LogP contribution is -2.27. The van der Waals surface area contributed by atoms with Crippen molar-refractivity contribution in [2.45, 2.75) is 13.5 Å². The molecule has 27 heavy (non-hydrogen) atoms. The Kier molecular flexibility index (Phi) is 5.61. The Morgan fingerprint density at radius 1 is 1.11 bits per heavy atom. The van der Waals surface area contributed by atoms with E-state index in [1.165, 1.54) is 17.0 Å². The maximum Gasteiger partial charge on any atom is 0.293 e. The minimum absolute atomic E-state index is 0.121. The van der Waals surface area contributed by atoms with Gasteiger partial charge in [-0.2, -0.15) is 0 Å².